The minimum Gasteiger partial charge on any atom is -0.370 e. The van der Waals surface area contributed by atoms with Crippen LogP contribution in [-0.2, 0) is 6.54 Å². The molecule has 6 heteroatoms. The minimum absolute atomic E-state index is 0. The average Bonchev–Trinajstić information content (AvgIpc) is 3.07. The van der Waals surface area contributed by atoms with E-state index >= 15 is 0 Å². The van der Waals surface area contributed by atoms with Gasteiger partial charge >= 0.3 is 0 Å². The molecule has 0 spiro atoms. The molecule has 0 amide bonds. The van der Waals surface area contributed by atoms with Crippen LogP contribution in [0, 0.1) is 5.92 Å². The van der Waals surface area contributed by atoms with E-state index in [1.165, 1.54) is 31.2 Å². The van der Waals surface area contributed by atoms with Crippen LogP contribution in [0.4, 0.5) is 5.82 Å². The predicted molar refractivity (Wildman–Crippen MR) is 106 cm³/mol. The second-order valence-electron chi connectivity index (χ2n) is 6.58. The van der Waals surface area contributed by atoms with Crippen molar-refractivity contribution in [1.29, 1.82) is 0 Å². The number of halogens is 1. The van der Waals surface area contributed by atoms with E-state index in [1.54, 1.807) is 0 Å². The van der Waals surface area contributed by atoms with E-state index in [2.05, 4.69) is 32.8 Å². The largest absolute Gasteiger partial charge is 0.370 e. The third-order valence-electron chi connectivity index (χ3n) is 4.64. The van der Waals surface area contributed by atoms with Crippen LogP contribution in [0.15, 0.2) is 23.3 Å². The van der Waals surface area contributed by atoms with E-state index in [9.17, 15) is 0 Å². The number of pyridine rings is 1. The van der Waals surface area contributed by atoms with Crippen LogP contribution in [0.1, 0.15) is 38.2 Å². The van der Waals surface area contributed by atoms with Crippen LogP contribution in [0.3, 0.4) is 0 Å². The number of anilines is 1. The Labute approximate surface area is 156 Å². The standard InChI is InChI=1S/C17H27N5.HI/c1-14-5-4-10-22(13-14)17(18)20-12-15-6-7-19-16(11-15)21-8-2-3-9-21;/h6-7,11,14H,2-5,8-10,12-13H2,1H3,(H2,18,20);1H. The van der Waals surface area contributed by atoms with Crippen molar-refractivity contribution in [1.82, 2.24) is 9.88 Å². The third kappa shape index (κ3) is 4.96. The number of hydrogen-bond acceptors (Lipinski definition) is 3. The SMILES string of the molecule is CC1CCCN(C(N)=NCc2ccnc(N3CCCC3)c2)C1.I. The topological polar surface area (TPSA) is 57.8 Å². The number of likely N-dealkylation sites (tertiary alicyclic amines) is 1. The van der Waals surface area contributed by atoms with Crippen molar-refractivity contribution in [2.75, 3.05) is 31.1 Å². The molecule has 3 heterocycles. The highest BCUT2D eigenvalue weighted by Gasteiger charge is 2.17. The lowest BCUT2D eigenvalue weighted by atomic mass is 10.0. The maximum absolute atomic E-state index is 6.17. The van der Waals surface area contributed by atoms with Crippen molar-refractivity contribution < 1.29 is 0 Å². The molecule has 2 aliphatic heterocycles. The van der Waals surface area contributed by atoms with Gasteiger partial charge in [-0.25, -0.2) is 9.98 Å². The van der Waals surface area contributed by atoms with Crippen molar-refractivity contribution >= 4 is 35.8 Å². The zero-order chi connectivity index (χ0) is 15.4. The van der Waals surface area contributed by atoms with Crippen LogP contribution in [0.25, 0.3) is 0 Å². The quantitative estimate of drug-likeness (QED) is 0.456. The Morgan fingerprint density at radius 2 is 2.09 bits per heavy atom. The number of rotatable bonds is 3. The number of aromatic nitrogens is 1. The fraction of sp³-hybridized carbons (Fsp3) is 0.647. The zero-order valence-electron chi connectivity index (χ0n) is 13.9. The van der Waals surface area contributed by atoms with Crippen LogP contribution in [-0.4, -0.2) is 42.0 Å². The summed E-state index contributed by atoms with van der Waals surface area (Å²) in [5.74, 6) is 2.48. The number of guanidine groups is 1. The van der Waals surface area contributed by atoms with E-state index < -0.39 is 0 Å². The van der Waals surface area contributed by atoms with Gasteiger partial charge in [0, 0.05) is 32.4 Å². The molecule has 1 aromatic rings. The Hall–Kier alpha value is -1.05. The van der Waals surface area contributed by atoms with Crippen molar-refractivity contribution in [2.24, 2.45) is 16.6 Å². The van der Waals surface area contributed by atoms with Crippen LogP contribution < -0.4 is 10.6 Å². The maximum atomic E-state index is 6.17. The lowest BCUT2D eigenvalue weighted by Crippen LogP contribution is -2.43. The fourth-order valence-electron chi connectivity index (χ4n) is 3.35. The van der Waals surface area contributed by atoms with Crippen LogP contribution in [0.5, 0.6) is 0 Å². The van der Waals surface area contributed by atoms with Crippen molar-refractivity contribution in [3.8, 4) is 0 Å². The molecule has 5 nitrogen and oxygen atoms in total. The van der Waals surface area contributed by atoms with Gasteiger partial charge in [-0.3, -0.25) is 0 Å². The molecular formula is C17H28IN5. The molecule has 3 rings (SSSR count). The molecule has 0 bridgehead atoms. The first kappa shape index (κ1) is 18.3. The highest BCUT2D eigenvalue weighted by molar-refractivity contribution is 14.0. The molecule has 23 heavy (non-hydrogen) atoms. The highest BCUT2D eigenvalue weighted by Crippen LogP contribution is 2.19. The lowest BCUT2D eigenvalue weighted by Gasteiger charge is -2.31. The maximum Gasteiger partial charge on any atom is 0.191 e. The smallest absolute Gasteiger partial charge is 0.191 e. The summed E-state index contributed by atoms with van der Waals surface area (Å²) in [5.41, 5.74) is 7.35. The minimum atomic E-state index is 0. The second kappa shape index (κ2) is 8.70. The van der Waals surface area contributed by atoms with Crippen LogP contribution >= 0.6 is 24.0 Å². The first-order chi connectivity index (χ1) is 10.7. The molecule has 0 aliphatic carbocycles. The van der Waals surface area contributed by atoms with Gasteiger partial charge in [0.15, 0.2) is 5.96 Å². The highest BCUT2D eigenvalue weighted by atomic mass is 127. The Kier molecular flexibility index (Phi) is 6.92. The summed E-state index contributed by atoms with van der Waals surface area (Å²) < 4.78 is 0. The molecule has 1 aromatic heterocycles. The summed E-state index contributed by atoms with van der Waals surface area (Å²) in [6, 6.07) is 4.19. The molecule has 0 aromatic carbocycles. The van der Waals surface area contributed by atoms with Crippen molar-refractivity contribution in [3.05, 3.63) is 23.9 Å². The Morgan fingerprint density at radius 3 is 2.83 bits per heavy atom. The lowest BCUT2D eigenvalue weighted by molar-refractivity contribution is 0.270. The third-order valence-corrected chi connectivity index (χ3v) is 4.64. The van der Waals surface area contributed by atoms with Crippen molar-refractivity contribution in [2.45, 2.75) is 39.2 Å². The van der Waals surface area contributed by atoms with Gasteiger partial charge in [0.1, 0.15) is 5.82 Å². The fourth-order valence-corrected chi connectivity index (χ4v) is 3.35. The summed E-state index contributed by atoms with van der Waals surface area (Å²) in [6.07, 6.45) is 6.94. The Balaban J connectivity index is 0.00000192. The molecule has 128 valence electrons. The van der Waals surface area contributed by atoms with Gasteiger partial charge in [-0.2, -0.15) is 0 Å². The van der Waals surface area contributed by atoms with E-state index in [1.807, 2.05) is 12.3 Å². The number of aliphatic imine (C=N–C) groups is 1. The number of nitrogens with zero attached hydrogens (tertiary/aromatic N) is 4. The first-order valence-corrected chi connectivity index (χ1v) is 8.47. The van der Waals surface area contributed by atoms with Gasteiger partial charge in [-0.15, -0.1) is 24.0 Å². The monoisotopic (exact) mass is 429 g/mol. The summed E-state index contributed by atoms with van der Waals surface area (Å²) in [7, 11) is 0. The summed E-state index contributed by atoms with van der Waals surface area (Å²) >= 11 is 0. The molecule has 2 saturated heterocycles. The number of hydrogen-bond donors (Lipinski definition) is 1. The van der Waals surface area contributed by atoms with E-state index in [0.29, 0.717) is 18.4 Å². The van der Waals surface area contributed by atoms with E-state index in [-0.39, 0.29) is 24.0 Å². The van der Waals surface area contributed by atoms with Gasteiger partial charge in [-0.05, 0) is 49.3 Å². The Morgan fingerprint density at radius 1 is 1.30 bits per heavy atom. The molecule has 2 N–H and O–H groups in total. The molecule has 2 fully saturated rings. The van der Waals surface area contributed by atoms with E-state index in [4.69, 9.17) is 5.73 Å². The summed E-state index contributed by atoms with van der Waals surface area (Å²) in [4.78, 5) is 13.6. The Bertz CT molecular complexity index is 527. The van der Waals surface area contributed by atoms with Gasteiger partial charge < -0.3 is 15.5 Å². The summed E-state index contributed by atoms with van der Waals surface area (Å²) in [5, 5.41) is 0. The second-order valence-corrected chi connectivity index (χ2v) is 6.58. The van der Waals surface area contributed by atoms with Gasteiger partial charge in [0.05, 0.1) is 6.54 Å². The van der Waals surface area contributed by atoms with Crippen LogP contribution in [0.2, 0.25) is 0 Å². The van der Waals surface area contributed by atoms with Gasteiger partial charge in [0.25, 0.3) is 0 Å². The molecule has 0 saturated carbocycles. The molecule has 1 atom stereocenters. The summed E-state index contributed by atoms with van der Waals surface area (Å²) in [6.45, 7) is 7.23. The average molecular weight is 429 g/mol. The molecule has 2 aliphatic rings. The van der Waals surface area contributed by atoms with E-state index in [0.717, 1.165) is 32.0 Å². The molecular weight excluding hydrogens is 401 g/mol. The number of piperidine rings is 1. The number of nitrogens with two attached hydrogens (primary N) is 1. The molecule has 0 radical (unpaired) electrons. The predicted octanol–water partition coefficient (Wildman–Crippen LogP) is 2.85. The molecule has 1 unspecified atom stereocenters. The van der Waals surface area contributed by atoms with Crippen molar-refractivity contribution in [3.63, 3.8) is 0 Å². The van der Waals surface area contributed by atoms with Gasteiger partial charge in [0.2, 0.25) is 0 Å². The normalized spacial score (nSPS) is 22.1. The zero-order valence-corrected chi connectivity index (χ0v) is 16.3. The van der Waals surface area contributed by atoms with Gasteiger partial charge in [-0.1, -0.05) is 6.92 Å². The first-order valence-electron chi connectivity index (χ1n) is 8.47.